The van der Waals surface area contributed by atoms with Crippen molar-refractivity contribution < 1.29 is 14.6 Å². The van der Waals surface area contributed by atoms with Crippen LogP contribution in [0, 0.1) is 12.8 Å². The van der Waals surface area contributed by atoms with E-state index in [1.165, 1.54) is 0 Å². The molecule has 0 fully saturated rings. The van der Waals surface area contributed by atoms with Gasteiger partial charge in [-0.3, -0.25) is 4.79 Å². The summed E-state index contributed by atoms with van der Waals surface area (Å²) in [6.45, 7) is 8.09. The fourth-order valence-electron chi connectivity index (χ4n) is 2.46. The van der Waals surface area contributed by atoms with Crippen LogP contribution in [0.5, 0.6) is 5.75 Å². The molecule has 0 spiro atoms. The summed E-state index contributed by atoms with van der Waals surface area (Å²) < 4.78 is 5.25. The SMILES string of the molecule is COc1cc(CC(=O)NCC(C)(O)CC(C)C)ccc1C. The highest BCUT2D eigenvalue weighted by Gasteiger charge is 2.22. The second-order valence-electron chi connectivity index (χ2n) is 6.35. The number of carbonyl (C=O) groups is 1. The zero-order valence-corrected chi connectivity index (χ0v) is 13.7. The van der Waals surface area contributed by atoms with Crippen LogP contribution >= 0.6 is 0 Å². The van der Waals surface area contributed by atoms with Crippen LogP contribution in [0.25, 0.3) is 0 Å². The maximum atomic E-state index is 12.0. The summed E-state index contributed by atoms with van der Waals surface area (Å²) >= 11 is 0. The molecule has 4 heteroatoms. The van der Waals surface area contributed by atoms with Crippen LogP contribution in [0.4, 0.5) is 0 Å². The van der Waals surface area contributed by atoms with Crippen LogP contribution in [0.2, 0.25) is 0 Å². The van der Waals surface area contributed by atoms with E-state index in [0.29, 0.717) is 12.3 Å². The average Bonchev–Trinajstić information content (AvgIpc) is 2.37. The Labute approximate surface area is 127 Å². The van der Waals surface area contributed by atoms with Gasteiger partial charge < -0.3 is 15.2 Å². The van der Waals surface area contributed by atoms with Gasteiger partial charge in [-0.05, 0) is 43.4 Å². The van der Waals surface area contributed by atoms with Gasteiger partial charge >= 0.3 is 0 Å². The number of aliphatic hydroxyl groups is 1. The lowest BCUT2D eigenvalue weighted by molar-refractivity contribution is -0.121. The summed E-state index contributed by atoms with van der Waals surface area (Å²) in [5.74, 6) is 1.08. The van der Waals surface area contributed by atoms with E-state index in [0.717, 1.165) is 16.9 Å². The van der Waals surface area contributed by atoms with Crippen molar-refractivity contribution in [2.24, 2.45) is 5.92 Å². The number of benzene rings is 1. The number of rotatable bonds is 7. The van der Waals surface area contributed by atoms with E-state index in [4.69, 9.17) is 4.74 Å². The highest BCUT2D eigenvalue weighted by atomic mass is 16.5. The largest absolute Gasteiger partial charge is 0.496 e. The second-order valence-corrected chi connectivity index (χ2v) is 6.35. The van der Waals surface area contributed by atoms with Gasteiger partial charge in [0.2, 0.25) is 5.91 Å². The molecular weight excluding hydrogens is 266 g/mol. The number of aryl methyl sites for hydroxylation is 1. The third-order valence-corrected chi connectivity index (χ3v) is 3.35. The van der Waals surface area contributed by atoms with Gasteiger partial charge in [-0.25, -0.2) is 0 Å². The molecule has 1 unspecified atom stereocenters. The molecule has 0 radical (unpaired) electrons. The molecule has 0 aliphatic rings. The fourth-order valence-corrected chi connectivity index (χ4v) is 2.46. The van der Waals surface area contributed by atoms with E-state index >= 15 is 0 Å². The maximum absolute atomic E-state index is 12.0. The fraction of sp³-hybridized carbons (Fsp3) is 0.588. The molecule has 21 heavy (non-hydrogen) atoms. The van der Waals surface area contributed by atoms with Gasteiger partial charge in [0.25, 0.3) is 0 Å². The van der Waals surface area contributed by atoms with E-state index in [1.54, 1.807) is 14.0 Å². The first-order chi connectivity index (χ1) is 9.73. The molecule has 0 aliphatic carbocycles. The van der Waals surface area contributed by atoms with Crippen molar-refractivity contribution in [3.05, 3.63) is 29.3 Å². The number of ether oxygens (including phenoxy) is 1. The normalized spacial score (nSPS) is 13.9. The van der Waals surface area contributed by atoms with Crippen molar-refractivity contribution in [3.63, 3.8) is 0 Å². The van der Waals surface area contributed by atoms with E-state index < -0.39 is 5.60 Å². The van der Waals surface area contributed by atoms with Crippen LogP contribution in [0.15, 0.2) is 18.2 Å². The Bertz CT molecular complexity index is 481. The minimum Gasteiger partial charge on any atom is -0.496 e. The van der Waals surface area contributed by atoms with Crippen LogP contribution in [0.3, 0.4) is 0 Å². The Morgan fingerprint density at radius 1 is 1.43 bits per heavy atom. The van der Waals surface area contributed by atoms with Gasteiger partial charge in [0.15, 0.2) is 0 Å². The first kappa shape index (κ1) is 17.5. The number of carbonyl (C=O) groups excluding carboxylic acids is 1. The van der Waals surface area contributed by atoms with Gasteiger partial charge in [-0.2, -0.15) is 0 Å². The lowest BCUT2D eigenvalue weighted by atomic mass is 9.94. The van der Waals surface area contributed by atoms with Crippen molar-refractivity contribution in [1.29, 1.82) is 0 Å². The third-order valence-electron chi connectivity index (χ3n) is 3.35. The number of amides is 1. The number of methoxy groups -OCH3 is 1. The molecule has 1 atom stereocenters. The topological polar surface area (TPSA) is 58.6 Å². The molecule has 2 N–H and O–H groups in total. The van der Waals surface area contributed by atoms with Gasteiger partial charge in [0, 0.05) is 6.54 Å². The molecule has 0 aliphatic heterocycles. The van der Waals surface area contributed by atoms with Crippen molar-refractivity contribution in [3.8, 4) is 5.75 Å². The Balaban J connectivity index is 2.54. The summed E-state index contributed by atoms with van der Waals surface area (Å²) in [5, 5.41) is 13.0. The highest BCUT2D eigenvalue weighted by molar-refractivity contribution is 5.78. The molecule has 0 bridgehead atoms. The third kappa shape index (κ3) is 6.17. The summed E-state index contributed by atoms with van der Waals surface area (Å²) in [6, 6.07) is 5.74. The smallest absolute Gasteiger partial charge is 0.224 e. The Morgan fingerprint density at radius 2 is 2.10 bits per heavy atom. The molecule has 0 saturated heterocycles. The second kappa shape index (κ2) is 7.46. The first-order valence-corrected chi connectivity index (χ1v) is 7.36. The van der Waals surface area contributed by atoms with Crippen molar-refractivity contribution in [2.45, 2.75) is 46.1 Å². The van der Waals surface area contributed by atoms with Crippen LogP contribution in [-0.4, -0.2) is 30.3 Å². The number of hydrogen-bond acceptors (Lipinski definition) is 3. The Kier molecular flexibility index (Phi) is 6.21. The van der Waals surface area contributed by atoms with E-state index in [1.807, 2.05) is 25.1 Å². The maximum Gasteiger partial charge on any atom is 0.224 e. The number of hydrogen-bond donors (Lipinski definition) is 2. The Morgan fingerprint density at radius 3 is 2.67 bits per heavy atom. The Hall–Kier alpha value is -1.55. The summed E-state index contributed by atoms with van der Waals surface area (Å²) in [6.07, 6.45) is 0.944. The average molecular weight is 293 g/mol. The van der Waals surface area contributed by atoms with Crippen LogP contribution < -0.4 is 10.1 Å². The first-order valence-electron chi connectivity index (χ1n) is 7.36. The molecule has 1 aromatic carbocycles. The van der Waals surface area contributed by atoms with Crippen molar-refractivity contribution in [1.82, 2.24) is 5.32 Å². The summed E-state index contributed by atoms with van der Waals surface area (Å²) in [5.41, 5.74) is 1.08. The molecule has 1 aromatic rings. The van der Waals surface area contributed by atoms with Crippen molar-refractivity contribution >= 4 is 5.91 Å². The minimum absolute atomic E-state index is 0.0927. The van der Waals surface area contributed by atoms with Gasteiger partial charge in [-0.15, -0.1) is 0 Å². The standard InChI is InChI=1S/C17H27NO3/c1-12(2)10-17(4,20)11-18-16(19)9-14-7-6-13(3)15(8-14)21-5/h6-8,12,20H,9-11H2,1-5H3,(H,18,19). The monoisotopic (exact) mass is 293 g/mol. The quantitative estimate of drug-likeness (QED) is 0.812. The molecular formula is C17H27NO3. The van der Waals surface area contributed by atoms with Gasteiger partial charge in [0.05, 0.1) is 19.1 Å². The molecule has 1 rings (SSSR count). The molecule has 1 amide bonds. The molecule has 118 valence electrons. The minimum atomic E-state index is -0.866. The number of nitrogens with one attached hydrogen (secondary N) is 1. The van der Waals surface area contributed by atoms with Gasteiger partial charge in [-0.1, -0.05) is 26.0 Å². The zero-order chi connectivity index (χ0) is 16.0. The summed E-state index contributed by atoms with van der Waals surface area (Å²) in [7, 11) is 1.62. The highest BCUT2D eigenvalue weighted by Crippen LogP contribution is 2.19. The zero-order valence-electron chi connectivity index (χ0n) is 13.7. The van der Waals surface area contributed by atoms with Crippen LogP contribution in [0.1, 0.15) is 38.3 Å². The molecule has 0 heterocycles. The van der Waals surface area contributed by atoms with E-state index in [-0.39, 0.29) is 18.9 Å². The lowest BCUT2D eigenvalue weighted by Crippen LogP contribution is -2.42. The molecule has 4 nitrogen and oxygen atoms in total. The molecule has 0 saturated carbocycles. The van der Waals surface area contributed by atoms with E-state index in [9.17, 15) is 9.90 Å². The lowest BCUT2D eigenvalue weighted by Gasteiger charge is -2.25. The van der Waals surface area contributed by atoms with E-state index in [2.05, 4.69) is 19.2 Å². The molecule has 0 aromatic heterocycles. The predicted octanol–water partition coefficient (Wildman–Crippen LogP) is 2.46. The van der Waals surface area contributed by atoms with Crippen LogP contribution in [-0.2, 0) is 11.2 Å². The van der Waals surface area contributed by atoms with Gasteiger partial charge in [0.1, 0.15) is 5.75 Å². The predicted molar refractivity (Wildman–Crippen MR) is 84.5 cm³/mol. The van der Waals surface area contributed by atoms with Crippen molar-refractivity contribution in [2.75, 3.05) is 13.7 Å². The summed E-state index contributed by atoms with van der Waals surface area (Å²) in [4.78, 5) is 12.0.